The van der Waals surface area contributed by atoms with Gasteiger partial charge in [0.15, 0.2) is 0 Å². The molecule has 0 radical (unpaired) electrons. The van der Waals surface area contributed by atoms with Crippen molar-refractivity contribution in [3.63, 3.8) is 0 Å². The van der Waals surface area contributed by atoms with Crippen molar-refractivity contribution in [2.24, 2.45) is 0 Å². The van der Waals surface area contributed by atoms with Crippen LogP contribution in [-0.4, -0.2) is 27.8 Å². The molecule has 0 saturated carbocycles. The lowest BCUT2D eigenvalue weighted by molar-refractivity contribution is 0.288. The van der Waals surface area contributed by atoms with E-state index in [9.17, 15) is 0 Å². The number of imidazole rings is 1. The van der Waals surface area contributed by atoms with Crippen LogP contribution in [0.15, 0.2) is 12.5 Å². The van der Waals surface area contributed by atoms with Gasteiger partial charge in [-0.1, -0.05) is 0 Å². The molecule has 0 aliphatic heterocycles. The van der Waals surface area contributed by atoms with Gasteiger partial charge in [-0.3, -0.25) is 5.32 Å². The first-order valence-corrected chi connectivity index (χ1v) is 4.57. The molecule has 0 aliphatic carbocycles. The highest BCUT2D eigenvalue weighted by atomic mass is 16.3. The van der Waals surface area contributed by atoms with Gasteiger partial charge in [-0.2, -0.15) is 5.26 Å². The first-order valence-electron chi connectivity index (χ1n) is 4.57. The standard InChI is InChI=1S/C9H14N4O/c1-2-13-7-11-6-9(13)8(5-10)12-3-4-14/h6-8,12,14H,2-4H2,1H3. The summed E-state index contributed by atoms with van der Waals surface area (Å²) in [7, 11) is 0. The van der Waals surface area contributed by atoms with E-state index < -0.39 is 6.04 Å². The normalized spacial score (nSPS) is 12.4. The molecule has 1 aromatic heterocycles. The van der Waals surface area contributed by atoms with Crippen molar-refractivity contribution in [2.45, 2.75) is 19.5 Å². The average molecular weight is 194 g/mol. The molecule has 5 heteroatoms. The molecule has 1 rings (SSSR count). The molecule has 1 aromatic rings. The van der Waals surface area contributed by atoms with Crippen LogP contribution in [0.1, 0.15) is 18.7 Å². The van der Waals surface area contributed by atoms with Crippen molar-refractivity contribution < 1.29 is 5.11 Å². The molecule has 0 aliphatic rings. The highest BCUT2D eigenvalue weighted by molar-refractivity contribution is 5.13. The molecule has 2 N–H and O–H groups in total. The lowest BCUT2D eigenvalue weighted by Crippen LogP contribution is -2.25. The minimum atomic E-state index is -0.399. The Morgan fingerprint density at radius 1 is 1.79 bits per heavy atom. The Morgan fingerprint density at radius 2 is 2.57 bits per heavy atom. The summed E-state index contributed by atoms with van der Waals surface area (Å²) in [5.41, 5.74) is 0.837. The number of aryl methyl sites for hydroxylation is 1. The molecule has 1 heterocycles. The van der Waals surface area contributed by atoms with Crippen LogP contribution in [0.3, 0.4) is 0 Å². The van der Waals surface area contributed by atoms with E-state index in [2.05, 4.69) is 16.4 Å². The molecule has 14 heavy (non-hydrogen) atoms. The SMILES string of the molecule is CCn1cncc1C(C#N)NCCO. The maximum atomic E-state index is 8.91. The summed E-state index contributed by atoms with van der Waals surface area (Å²) < 4.78 is 1.90. The van der Waals surface area contributed by atoms with Gasteiger partial charge < -0.3 is 9.67 Å². The second kappa shape index (κ2) is 5.37. The molecular formula is C9H14N4O. The van der Waals surface area contributed by atoms with Crippen molar-refractivity contribution in [3.8, 4) is 6.07 Å². The zero-order valence-corrected chi connectivity index (χ0v) is 8.14. The van der Waals surface area contributed by atoms with Gasteiger partial charge in [0.2, 0.25) is 0 Å². The second-order valence-corrected chi connectivity index (χ2v) is 2.84. The van der Waals surface area contributed by atoms with Crippen LogP contribution in [0.4, 0.5) is 0 Å². The Morgan fingerprint density at radius 3 is 3.14 bits per heavy atom. The van der Waals surface area contributed by atoms with Gasteiger partial charge in [0.05, 0.1) is 30.9 Å². The molecule has 1 unspecified atom stereocenters. The highest BCUT2D eigenvalue weighted by Gasteiger charge is 2.13. The lowest BCUT2D eigenvalue weighted by atomic mass is 10.2. The van der Waals surface area contributed by atoms with E-state index in [0.29, 0.717) is 6.54 Å². The summed E-state index contributed by atoms with van der Waals surface area (Å²) in [6, 6.07) is 1.73. The summed E-state index contributed by atoms with van der Waals surface area (Å²) in [6.07, 6.45) is 3.36. The minimum absolute atomic E-state index is 0.0262. The van der Waals surface area contributed by atoms with E-state index >= 15 is 0 Å². The van der Waals surface area contributed by atoms with Crippen LogP contribution in [0, 0.1) is 11.3 Å². The smallest absolute Gasteiger partial charge is 0.138 e. The Hall–Kier alpha value is -1.38. The van der Waals surface area contributed by atoms with Gasteiger partial charge in [0.1, 0.15) is 6.04 Å². The number of hydrogen-bond donors (Lipinski definition) is 2. The average Bonchev–Trinajstić information content (AvgIpc) is 2.67. The third kappa shape index (κ3) is 2.31. The van der Waals surface area contributed by atoms with Gasteiger partial charge in [-0.15, -0.1) is 0 Å². The van der Waals surface area contributed by atoms with Crippen LogP contribution in [-0.2, 0) is 6.54 Å². The number of aliphatic hydroxyl groups is 1. The fourth-order valence-corrected chi connectivity index (χ4v) is 1.26. The zero-order valence-electron chi connectivity index (χ0n) is 8.14. The molecule has 0 amide bonds. The Bertz CT molecular complexity index is 315. The van der Waals surface area contributed by atoms with E-state index in [4.69, 9.17) is 10.4 Å². The molecular weight excluding hydrogens is 180 g/mol. The quantitative estimate of drug-likeness (QED) is 0.694. The maximum Gasteiger partial charge on any atom is 0.138 e. The molecule has 0 aromatic carbocycles. The van der Waals surface area contributed by atoms with Gasteiger partial charge in [-0.25, -0.2) is 4.98 Å². The van der Waals surface area contributed by atoms with E-state index in [-0.39, 0.29) is 6.61 Å². The zero-order chi connectivity index (χ0) is 10.4. The highest BCUT2D eigenvalue weighted by Crippen LogP contribution is 2.10. The number of aromatic nitrogens is 2. The van der Waals surface area contributed by atoms with Crippen molar-refractivity contribution >= 4 is 0 Å². The first-order chi connectivity index (χ1) is 6.83. The Labute approximate surface area is 83.0 Å². The summed E-state index contributed by atoms with van der Waals surface area (Å²) in [6.45, 7) is 3.21. The number of rotatable bonds is 5. The van der Waals surface area contributed by atoms with Crippen molar-refractivity contribution in [3.05, 3.63) is 18.2 Å². The number of nitriles is 1. The fourth-order valence-electron chi connectivity index (χ4n) is 1.26. The van der Waals surface area contributed by atoms with Crippen LogP contribution in [0.2, 0.25) is 0 Å². The summed E-state index contributed by atoms with van der Waals surface area (Å²) in [5.74, 6) is 0. The topological polar surface area (TPSA) is 73.9 Å². The van der Waals surface area contributed by atoms with Gasteiger partial charge >= 0.3 is 0 Å². The van der Waals surface area contributed by atoms with Crippen molar-refractivity contribution in [2.75, 3.05) is 13.2 Å². The number of hydrogen-bond acceptors (Lipinski definition) is 4. The van der Waals surface area contributed by atoms with Crippen LogP contribution < -0.4 is 5.32 Å². The second-order valence-electron chi connectivity index (χ2n) is 2.84. The molecule has 5 nitrogen and oxygen atoms in total. The predicted molar refractivity (Wildman–Crippen MR) is 51.3 cm³/mol. The monoisotopic (exact) mass is 194 g/mol. The van der Waals surface area contributed by atoms with E-state index in [1.54, 1.807) is 12.5 Å². The Balaban J connectivity index is 2.74. The molecule has 0 fully saturated rings. The fraction of sp³-hybridized carbons (Fsp3) is 0.556. The third-order valence-corrected chi connectivity index (χ3v) is 1.97. The van der Waals surface area contributed by atoms with Crippen LogP contribution in [0.25, 0.3) is 0 Å². The summed E-state index contributed by atoms with van der Waals surface area (Å²) >= 11 is 0. The van der Waals surface area contributed by atoms with Crippen LogP contribution in [0.5, 0.6) is 0 Å². The molecule has 0 spiro atoms. The number of nitrogens with zero attached hydrogens (tertiary/aromatic N) is 3. The van der Waals surface area contributed by atoms with Gasteiger partial charge in [-0.05, 0) is 6.92 Å². The summed E-state index contributed by atoms with van der Waals surface area (Å²) in [4.78, 5) is 3.98. The third-order valence-electron chi connectivity index (χ3n) is 1.97. The van der Waals surface area contributed by atoms with Gasteiger partial charge in [0.25, 0.3) is 0 Å². The number of nitrogens with one attached hydrogen (secondary N) is 1. The maximum absolute atomic E-state index is 8.91. The molecule has 1 atom stereocenters. The Kier molecular flexibility index (Phi) is 4.11. The summed E-state index contributed by atoms with van der Waals surface area (Å²) in [5, 5.41) is 20.5. The largest absolute Gasteiger partial charge is 0.395 e. The van der Waals surface area contributed by atoms with E-state index in [1.165, 1.54) is 0 Å². The first kappa shape index (κ1) is 10.7. The number of aliphatic hydroxyl groups excluding tert-OH is 1. The lowest BCUT2D eigenvalue weighted by Gasteiger charge is -2.11. The molecule has 76 valence electrons. The van der Waals surface area contributed by atoms with E-state index in [1.807, 2.05) is 11.5 Å². The minimum Gasteiger partial charge on any atom is -0.395 e. The van der Waals surface area contributed by atoms with Crippen molar-refractivity contribution in [1.29, 1.82) is 5.26 Å². The van der Waals surface area contributed by atoms with Crippen LogP contribution >= 0.6 is 0 Å². The molecule has 0 bridgehead atoms. The van der Waals surface area contributed by atoms with E-state index in [0.717, 1.165) is 12.2 Å². The van der Waals surface area contributed by atoms with Gasteiger partial charge in [0, 0.05) is 13.1 Å². The predicted octanol–water partition coefficient (Wildman–Crippen LogP) is 0.0496. The molecule has 0 saturated heterocycles. The van der Waals surface area contributed by atoms with Crippen molar-refractivity contribution in [1.82, 2.24) is 14.9 Å².